The fourth-order valence-corrected chi connectivity index (χ4v) is 0.950. The number of aldehydes is 1. The predicted octanol–water partition coefficient (Wildman–Crippen LogP) is -0.117. The molecule has 11 heavy (non-hydrogen) atoms. The molecule has 0 bridgehead atoms. The minimum absolute atomic E-state index is 0.187. The molecule has 1 saturated carbocycles. The first-order valence-corrected chi connectivity index (χ1v) is 3.09. The van der Waals surface area contributed by atoms with E-state index in [2.05, 4.69) is 9.91 Å². The molecule has 0 saturated heterocycles. The van der Waals surface area contributed by atoms with Gasteiger partial charge in [0.25, 0.3) is 0 Å². The number of hydrogen-bond donors (Lipinski definition) is 0. The highest BCUT2D eigenvalue weighted by Crippen LogP contribution is 2.45. The van der Waals surface area contributed by atoms with Crippen LogP contribution in [0.5, 0.6) is 0 Å². The summed E-state index contributed by atoms with van der Waals surface area (Å²) in [6, 6.07) is 0. The second-order valence-electron chi connectivity index (χ2n) is 2.48. The van der Waals surface area contributed by atoms with Gasteiger partial charge in [-0.1, -0.05) is 5.18 Å². The molecule has 0 aromatic carbocycles. The summed E-state index contributed by atoms with van der Waals surface area (Å²) in [4.78, 5) is 31.0. The molecular formula is C6H7NO4. The lowest BCUT2D eigenvalue weighted by Gasteiger charge is -1.96. The largest absolute Gasteiger partial charge is 0.469 e. The molecule has 1 rings (SSSR count). The molecule has 1 aliphatic rings. The van der Waals surface area contributed by atoms with Crippen LogP contribution in [-0.2, 0) is 14.3 Å². The zero-order valence-corrected chi connectivity index (χ0v) is 5.94. The first-order valence-electron chi connectivity index (χ1n) is 3.09. The normalized spacial score (nSPS) is 34.1. The van der Waals surface area contributed by atoms with Gasteiger partial charge in [0.2, 0.25) is 0 Å². The average Bonchev–Trinajstić information content (AvgIpc) is 2.78. The number of nitrogens with zero attached hydrogens (tertiary/aromatic N) is 1. The zero-order chi connectivity index (χ0) is 8.48. The fourth-order valence-electron chi connectivity index (χ4n) is 0.950. The summed E-state index contributed by atoms with van der Waals surface area (Å²) < 4.78 is 4.34. The van der Waals surface area contributed by atoms with Gasteiger partial charge in [-0.15, -0.1) is 4.91 Å². The molecule has 0 aliphatic heterocycles. The lowest BCUT2D eigenvalue weighted by molar-refractivity contribution is -0.143. The molecule has 2 atom stereocenters. The summed E-state index contributed by atoms with van der Waals surface area (Å²) in [5.74, 6) is -1.20. The number of ether oxygens (including phenoxy) is 1. The number of hydrogen-bond acceptors (Lipinski definition) is 5. The van der Waals surface area contributed by atoms with Crippen molar-refractivity contribution in [3.05, 3.63) is 4.91 Å². The summed E-state index contributed by atoms with van der Waals surface area (Å²) in [5, 5.41) is 2.58. The van der Waals surface area contributed by atoms with Gasteiger partial charge < -0.3 is 9.53 Å². The first kappa shape index (κ1) is 7.84. The highest BCUT2D eigenvalue weighted by Gasteiger charge is 2.62. The molecule has 0 heterocycles. The number of nitroso groups, excluding NO2 is 1. The van der Waals surface area contributed by atoms with E-state index in [1.165, 1.54) is 7.11 Å². The predicted molar refractivity (Wildman–Crippen MR) is 34.7 cm³/mol. The van der Waals surface area contributed by atoms with Crippen LogP contribution in [0.1, 0.15) is 6.42 Å². The molecule has 0 aromatic heterocycles. The van der Waals surface area contributed by atoms with Crippen LogP contribution in [0.4, 0.5) is 0 Å². The number of methoxy groups -OCH3 is 1. The van der Waals surface area contributed by atoms with Gasteiger partial charge in [-0.3, -0.25) is 4.79 Å². The number of esters is 1. The van der Waals surface area contributed by atoms with Crippen molar-refractivity contribution in [3.8, 4) is 0 Å². The van der Waals surface area contributed by atoms with E-state index in [1.54, 1.807) is 0 Å². The van der Waals surface area contributed by atoms with Crippen molar-refractivity contribution >= 4 is 12.3 Å². The van der Waals surface area contributed by atoms with Gasteiger partial charge >= 0.3 is 5.97 Å². The zero-order valence-electron chi connectivity index (χ0n) is 5.94. The van der Waals surface area contributed by atoms with Crippen molar-refractivity contribution < 1.29 is 14.3 Å². The number of carbonyl (C=O) groups is 2. The summed E-state index contributed by atoms with van der Waals surface area (Å²) in [6.45, 7) is 0. The number of rotatable bonds is 3. The Bertz CT molecular complexity index is 205. The highest BCUT2D eigenvalue weighted by molar-refractivity contribution is 5.88. The Balaban J connectivity index is 2.64. The molecule has 5 nitrogen and oxygen atoms in total. The van der Waals surface area contributed by atoms with Gasteiger partial charge in [0.1, 0.15) is 0 Å². The Morgan fingerprint density at radius 2 is 2.45 bits per heavy atom. The molecular weight excluding hydrogens is 150 g/mol. The molecule has 0 aromatic rings. The SMILES string of the molecule is COC(=O)C1CC1(C=O)N=O. The van der Waals surface area contributed by atoms with Crippen molar-refractivity contribution in [2.75, 3.05) is 7.11 Å². The molecule has 0 spiro atoms. The van der Waals surface area contributed by atoms with Gasteiger partial charge in [0.15, 0.2) is 11.8 Å². The average molecular weight is 157 g/mol. The minimum Gasteiger partial charge on any atom is -0.469 e. The Labute approximate surface area is 62.7 Å². The van der Waals surface area contributed by atoms with Crippen LogP contribution in [0.2, 0.25) is 0 Å². The molecule has 0 amide bonds. The molecule has 0 N–H and O–H groups in total. The van der Waals surface area contributed by atoms with Crippen LogP contribution >= 0.6 is 0 Å². The number of carbonyl (C=O) groups excluding carboxylic acids is 2. The van der Waals surface area contributed by atoms with E-state index in [4.69, 9.17) is 0 Å². The lowest BCUT2D eigenvalue weighted by atomic mass is 10.2. The summed E-state index contributed by atoms with van der Waals surface area (Å²) in [7, 11) is 1.21. The van der Waals surface area contributed by atoms with Gasteiger partial charge in [-0.05, 0) is 6.42 Å². The molecule has 60 valence electrons. The molecule has 2 unspecified atom stereocenters. The van der Waals surface area contributed by atoms with Crippen molar-refractivity contribution in [2.45, 2.75) is 12.0 Å². The van der Waals surface area contributed by atoms with E-state index in [9.17, 15) is 14.5 Å². The lowest BCUT2D eigenvalue weighted by Crippen LogP contribution is -2.16. The fraction of sp³-hybridized carbons (Fsp3) is 0.667. The quantitative estimate of drug-likeness (QED) is 0.325. The van der Waals surface area contributed by atoms with E-state index in [-0.39, 0.29) is 6.42 Å². The third-order valence-corrected chi connectivity index (χ3v) is 1.83. The van der Waals surface area contributed by atoms with Crippen molar-refractivity contribution in [2.24, 2.45) is 11.1 Å². The summed E-state index contributed by atoms with van der Waals surface area (Å²) >= 11 is 0. The van der Waals surface area contributed by atoms with Crippen LogP contribution in [0.3, 0.4) is 0 Å². The Morgan fingerprint density at radius 3 is 2.73 bits per heavy atom. The molecule has 5 heteroatoms. The molecule has 1 fully saturated rings. The molecule has 0 radical (unpaired) electrons. The van der Waals surface area contributed by atoms with E-state index < -0.39 is 17.4 Å². The van der Waals surface area contributed by atoms with Crippen LogP contribution in [0, 0.1) is 10.8 Å². The molecule has 1 aliphatic carbocycles. The Kier molecular flexibility index (Phi) is 1.72. The van der Waals surface area contributed by atoms with Gasteiger partial charge in [-0.25, -0.2) is 0 Å². The second kappa shape index (κ2) is 2.41. The summed E-state index contributed by atoms with van der Waals surface area (Å²) in [6.07, 6.45) is 0.592. The van der Waals surface area contributed by atoms with E-state index in [0.717, 1.165) is 0 Å². The van der Waals surface area contributed by atoms with Gasteiger partial charge in [0.05, 0.1) is 13.0 Å². The highest BCUT2D eigenvalue weighted by atomic mass is 16.5. The van der Waals surface area contributed by atoms with Crippen LogP contribution in [0.15, 0.2) is 5.18 Å². The van der Waals surface area contributed by atoms with E-state index in [1.807, 2.05) is 0 Å². The summed E-state index contributed by atoms with van der Waals surface area (Å²) in [5.41, 5.74) is -1.31. The smallest absolute Gasteiger partial charge is 0.311 e. The van der Waals surface area contributed by atoms with Gasteiger partial charge in [0, 0.05) is 0 Å². The maximum atomic E-state index is 10.7. The van der Waals surface area contributed by atoms with Crippen molar-refractivity contribution in [3.63, 3.8) is 0 Å². The van der Waals surface area contributed by atoms with Crippen molar-refractivity contribution in [1.82, 2.24) is 0 Å². The standard InChI is InChI=1S/C6H7NO4/c1-11-5(9)4-2-6(4,3-8)7-10/h3-4H,2H2,1H3. The Morgan fingerprint density at radius 1 is 1.82 bits per heavy atom. The van der Waals surface area contributed by atoms with Crippen LogP contribution in [0.25, 0.3) is 0 Å². The van der Waals surface area contributed by atoms with E-state index in [0.29, 0.717) is 6.29 Å². The third kappa shape index (κ3) is 1.02. The maximum absolute atomic E-state index is 10.7. The van der Waals surface area contributed by atoms with Crippen LogP contribution in [-0.4, -0.2) is 24.9 Å². The first-order chi connectivity index (χ1) is 5.20. The topological polar surface area (TPSA) is 72.8 Å². The maximum Gasteiger partial charge on any atom is 0.311 e. The van der Waals surface area contributed by atoms with Gasteiger partial charge in [-0.2, -0.15) is 0 Å². The van der Waals surface area contributed by atoms with Crippen molar-refractivity contribution in [1.29, 1.82) is 0 Å². The Hall–Kier alpha value is -1.26. The monoisotopic (exact) mass is 157 g/mol. The third-order valence-electron chi connectivity index (χ3n) is 1.83. The second-order valence-corrected chi connectivity index (χ2v) is 2.48. The minimum atomic E-state index is -1.31. The van der Waals surface area contributed by atoms with E-state index >= 15 is 0 Å². The van der Waals surface area contributed by atoms with Crippen LogP contribution < -0.4 is 0 Å².